The molecule has 31 heavy (non-hydrogen) atoms. The van der Waals surface area contributed by atoms with Gasteiger partial charge in [0.25, 0.3) is 0 Å². The maximum absolute atomic E-state index is 13.7. The van der Waals surface area contributed by atoms with Crippen molar-refractivity contribution in [3.63, 3.8) is 0 Å². The predicted molar refractivity (Wildman–Crippen MR) is 128 cm³/mol. The van der Waals surface area contributed by atoms with E-state index < -0.39 is 29.9 Å². The van der Waals surface area contributed by atoms with Crippen LogP contribution in [0.5, 0.6) is 5.75 Å². The van der Waals surface area contributed by atoms with Crippen molar-refractivity contribution in [1.29, 1.82) is 0 Å². The summed E-state index contributed by atoms with van der Waals surface area (Å²) in [4.78, 5) is 39.1. The second-order valence-corrected chi connectivity index (χ2v) is 11.9. The molecule has 0 radical (unpaired) electrons. The van der Waals surface area contributed by atoms with Gasteiger partial charge in [0.2, 0.25) is 0 Å². The molecular weight excluding hydrogens is 507 g/mol. The number of carbonyl (C=O) groups is 3. The maximum atomic E-state index is 13.7. The molecular formula is C25H23IO5. The van der Waals surface area contributed by atoms with Crippen LogP contribution < -0.4 is 0 Å². The van der Waals surface area contributed by atoms with E-state index in [0.717, 1.165) is 9.13 Å². The summed E-state index contributed by atoms with van der Waals surface area (Å²) >= 11 is -2.83. The molecule has 0 aromatic heterocycles. The molecule has 0 saturated carbocycles. The first-order chi connectivity index (χ1) is 14.8. The number of alkyl halides is 1. The Bertz CT molecular complexity index is 1110. The van der Waals surface area contributed by atoms with Crippen LogP contribution in [0, 0.1) is 10.5 Å². The minimum atomic E-state index is -2.83. The number of Topliss-reactive ketones (excluding diaryl/α,β-unsaturated/α-hetero) is 3. The summed E-state index contributed by atoms with van der Waals surface area (Å²) in [7, 11) is 1.51. The van der Waals surface area contributed by atoms with Crippen LogP contribution in [-0.4, -0.2) is 33.5 Å². The Morgan fingerprint density at radius 3 is 2.06 bits per heavy atom. The molecule has 1 N–H and O–H groups in total. The molecule has 3 rings (SSSR count). The van der Waals surface area contributed by atoms with E-state index in [0.29, 0.717) is 11.1 Å². The van der Waals surface area contributed by atoms with E-state index >= 15 is 0 Å². The molecule has 0 heterocycles. The summed E-state index contributed by atoms with van der Waals surface area (Å²) in [5.41, 5.74) is 1.64. The van der Waals surface area contributed by atoms with Gasteiger partial charge in [-0.05, 0) is 0 Å². The Labute approximate surface area is 189 Å². The van der Waals surface area contributed by atoms with Gasteiger partial charge in [0.1, 0.15) is 0 Å². The fourth-order valence-electron chi connectivity index (χ4n) is 3.10. The van der Waals surface area contributed by atoms with Gasteiger partial charge in [0.15, 0.2) is 0 Å². The van der Waals surface area contributed by atoms with Crippen molar-refractivity contribution >= 4 is 37.6 Å². The third-order valence-electron chi connectivity index (χ3n) is 4.78. The van der Waals surface area contributed by atoms with Crippen molar-refractivity contribution in [2.75, 3.05) is 7.11 Å². The summed E-state index contributed by atoms with van der Waals surface area (Å²) in [6.45, 7) is 3.30. The number of carbonyl (C=O) groups excluding carboxylic acids is 3. The number of ketones is 3. The van der Waals surface area contributed by atoms with E-state index in [4.69, 9.17) is 3.07 Å². The second-order valence-electron chi connectivity index (χ2n) is 6.97. The van der Waals surface area contributed by atoms with E-state index in [1.807, 2.05) is 49.4 Å². The van der Waals surface area contributed by atoms with Crippen molar-refractivity contribution in [3.05, 3.63) is 98.6 Å². The molecule has 0 amide bonds. The number of aromatic hydroxyl groups is 1. The Morgan fingerprint density at radius 2 is 1.48 bits per heavy atom. The second kappa shape index (κ2) is 9.98. The zero-order valence-corrected chi connectivity index (χ0v) is 19.6. The van der Waals surface area contributed by atoms with Crippen LogP contribution in [0.15, 0.2) is 72.8 Å². The molecule has 0 spiro atoms. The van der Waals surface area contributed by atoms with Crippen molar-refractivity contribution in [3.8, 4) is 5.75 Å². The molecule has 0 saturated heterocycles. The number of hydrogen-bond donors (Lipinski definition) is 1. The van der Waals surface area contributed by atoms with Crippen LogP contribution in [0.25, 0.3) is 0 Å². The van der Waals surface area contributed by atoms with Crippen LogP contribution in [0.4, 0.5) is 0 Å². The fraction of sp³-hybridized carbons (Fsp3) is 0.160. The van der Waals surface area contributed by atoms with Crippen LogP contribution in [0.1, 0.15) is 43.6 Å². The first-order valence-corrected chi connectivity index (χ1v) is 12.8. The standard InChI is InChI=1S/C25H23IO5/c1-16-9-11-18(12-10-16)24(29)23(26(31-3)20-7-5-4-6-8-20)25(30)21-15-19(17(2)27)13-14-22(21)28/h4-15,23,28H,1-3H3. The number of phenolic OH excluding ortho intramolecular Hbond substituents is 1. The minimum absolute atomic E-state index is 0.0477. The van der Waals surface area contributed by atoms with Gasteiger partial charge in [-0.2, -0.15) is 0 Å². The first-order valence-electron chi connectivity index (χ1n) is 9.60. The number of halogens is 1. The summed E-state index contributed by atoms with van der Waals surface area (Å²) in [5, 5.41) is 10.4. The van der Waals surface area contributed by atoms with Gasteiger partial charge < -0.3 is 0 Å². The monoisotopic (exact) mass is 530 g/mol. The Balaban J connectivity index is 2.14. The molecule has 1 unspecified atom stereocenters. The van der Waals surface area contributed by atoms with Crippen LogP contribution >= 0.6 is 20.2 Å². The zero-order valence-electron chi connectivity index (χ0n) is 17.5. The van der Waals surface area contributed by atoms with Crippen molar-refractivity contribution in [2.45, 2.75) is 17.8 Å². The quantitative estimate of drug-likeness (QED) is 0.186. The molecule has 3 aromatic rings. The summed E-state index contributed by atoms with van der Waals surface area (Å²) in [6, 6.07) is 20.4. The normalized spacial score (nSPS) is 12.2. The summed E-state index contributed by atoms with van der Waals surface area (Å²) in [6.07, 6.45) is 0. The molecule has 0 aliphatic heterocycles. The van der Waals surface area contributed by atoms with Gasteiger partial charge in [0, 0.05) is 0 Å². The third kappa shape index (κ3) is 5.08. The van der Waals surface area contributed by atoms with E-state index in [2.05, 4.69) is 0 Å². The van der Waals surface area contributed by atoms with E-state index in [1.54, 1.807) is 12.1 Å². The average Bonchev–Trinajstić information content (AvgIpc) is 2.77. The molecule has 0 aliphatic rings. The number of rotatable bonds is 8. The topological polar surface area (TPSA) is 80.7 Å². The van der Waals surface area contributed by atoms with Gasteiger partial charge in [-0.15, -0.1) is 0 Å². The van der Waals surface area contributed by atoms with E-state index in [1.165, 1.54) is 32.2 Å². The fourth-order valence-corrected chi connectivity index (χ4v) is 7.68. The molecule has 1 atom stereocenters. The van der Waals surface area contributed by atoms with Gasteiger partial charge in [-0.25, -0.2) is 0 Å². The molecule has 0 aliphatic carbocycles. The number of aryl methyl sites for hydroxylation is 1. The van der Waals surface area contributed by atoms with Gasteiger partial charge in [-0.1, -0.05) is 0 Å². The SMILES string of the molecule is COI(c1ccccc1)C(C(=O)c1ccc(C)cc1)C(=O)c1cc(C(C)=O)ccc1O. The van der Waals surface area contributed by atoms with Gasteiger partial charge in [0.05, 0.1) is 0 Å². The molecule has 3 aromatic carbocycles. The van der Waals surface area contributed by atoms with E-state index in [9.17, 15) is 19.5 Å². The average molecular weight is 530 g/mol. The summed E-state index contributed by atoms with van der Waals surface area (Å²) in [5.74, 6) is -1.40. The zero-order chi connectivity index (χ0) is 22.5. The number of benzene rings is 3. The van der Waals surface area contributed by atoms with Crippen molar-refractivity contribution < 1.29 is 22.6 Å². The van der Waals surface area contributed by atoms with Crippen LogP contribution in [0.3, 0.4) is 0 Å². The van der Waals surface area contributed by atoms with Crippen molar-refractivity contribution in [2.24, 2.45) is 0 Å². The predicted octanol–water partition coefficient (Wildman–Crippen LogP) is 5.28. The van der Waals surface area contributed by atoms with Crippen LogP contribution in [0.2, 0.25) is 0 Å². The van der Waals surface area contributed by atoms with Crippen molar-refractivity contribution in [1.82, 2.24) is 0 Å². The molecule has 160 valence electrons. The molecule has 0 fully saturated rings. The molecule has 6 heteroatoms. The Hall–Kier alpha value is -2.84. The van der Waals surface area contributed by atoms with E-state index in [-0.39, 0.29) is 22.9 Å². The Morgan fingerprint density at radius 1 is 0.871 bits per heavy atom. The van der Waals surface area contributed by atoms with Gasteiger partial charge in [-0.3, -0.25) is 0 Å². The summed E-state index contributed by atoms with van der Waals surface area (Å²) < 4.78 is 5.52. The van der Waals surface area contributed by atoms with Crippen LogP contribution in [-0.2, 0) is 3.07 Å². The molecule has 5 nitrogen and oxygen atoms in total. The third-order valence-corrected chi connectivity index (χ3v) is 9.94. The number of hydrogen-bond acceptors (Lipinski definition) is 5. The van der Waals surface area contributed by atoms with Gasteiger partial charge >= 0.3 is 189 Å². The Kier molecular flexibility index (Phi) is 7.35. The number of phenols is 1. The molecule has 0 bridgehead atoms. The first kappa shape index (κ1) is 22.8.